The third kappa shape index (κ3) is 1.96. The number of carbonyl (C=O) groups is 1. The summed E-state index contributed by atoms with van der Waals surface area (Å²) in [4.78, 5) is 10.8. The summed E-state index contributed by atoms with van der Waals surface area (Å²) in [5, 5.41) is 11.1. The van der Waals surface area contributed by atoms with Gasteiger partial charge in [-0.1, -0.05) is 5.16 Å². The number of nitrogens with two attached hydrogens (primary N) is 2. The number of carbonyl (C=O) groups excluding carboxylic acids is 1. The van der Waals surface area contributed by atoms with E-state index in [9.17, 15) is 4.79 Å². The molecule has 1 aromatic carbocycles. The van der Waals surface area contributed by atoms with Crippen LogP contribution in [0.25, 0.3) is 0 Å². The molecule has 0 aromatic heterocycles. The molecule has 1 rings (SSSR count). The van der Waals surface area contributed by atoms with Crippen LogP contribution in [0.2, 0.25) is 0 Å². The Labute approximate surface area is 74.6 Å². The van der Waals surface area contributed by atoms with Gasteiger partial charge in [-0.2, -0.15) is 0 Å². The van der Waals surface area contributed by atoms with Crippen molar-refractivity contribution in [3.05, 3.63) is 29.3 Å². The van der Waals surface area contributed by atoms with Gasteiger partial charge in [0.1, 0.15) is 0 Å². The van der Waals surface area contributed by atoms with E-state index in [2.05, 4.69) is 5.16 Å². The highest BCUT2D eigenvalue weighted by Gasteiger charge is 2.05. The van der Waals surface area contributed by atoms with Crippen molar-refractivity contribution in [3.63, 3.8) is 0 Å². The van der Waals surface area contributed by atoms with Gasteiger partial charge < -0.3 is 16.7 Å². The molecule has 0 saturated heterocycles. The molecular formula is C8H9N3O2. The maximum absolute atomic E-state index is 10.8. The van der Waals surface area contributed by atoms with Gasteiger partial charge in [-0.15, -0.1) is 0 Å². The average Bonchev–Trinajstić information content (AvgIpc) is 2.04. The molecule has 0 radical (unpaired) electrons. The van der Waals surface area contributed by atoms with Crippen molar-refractivity contribution >= 4 is 17.8 Å². The van der Waals surface area contributed by atoms with Gasteiger partial charge in [0.05, 0.1) is 6.21 Å². The number of benzene rings is 1. The van der Waals surface area contributed by atoms with Gasteiger partial charge in [0.2, 0.25) is 5.91 Å². The quantitative estimate of drug-likeness (QED) is 0.261. The maximum Gasteiger partial charge on any atom is 0.249 e. The summed E-state index contributed by atoms with van der Waals surface area (Å²) in [5.41, 5.74) is 11.7. The largest absolute Gasteiger partial charge is 0.411 e. The monoisotopic (exact) mass is 179 g/mol. The molecule has 0 aliphatic rings. The Hall–Kier alpha value is -2.04. The Kier molecular flexibility index (Phi) is 2.49. The van der Waals surface area contributed by atoms with Crippen LogP contribution in [0.4, 0.5) is 5.69 Å². The highest BCUT2D eigenvalue weighted by Crippen LogP contribution is 2.10. The maximum atomic E-state index is 10.8. The molecule has 5 N–H and O–H groups in total. The standard InChI is InChI=1S/C8H9N3O2/c9-6-1-2-7(8(10)12)5(3-6)4-11-13/h1-4,13H,9H2,(H2,10,12). The Morgan fingerprint density at radius 2 is 2.23 bits per heavy atom. The summed E-state index contributed by atoms with van der Waals surface area (Å²) in [6.45, 7) is 0. The zero-order chi connectivity index (χ0) is 9.84. The number of anilines is 1. The molecule has 0 unspecified atom stereocenters. The average molecular weight is 179 g/mol. The van der Waals surface area contributed by atoms with Gasteiger partial charge in [-0.05, 0) is 18.2 Å². The van der Waals surface area contributed by atoms with Crippen LogP contribution in [-0.4, -0.2) is 17.3 Å². The minimum atomic E-state index is -0.588. The smallest absolute Gasteiger partial charge is 0.249 e. The van der Waals surface area contributed by atoms with Crippen molar-refractivity contribution in [3.8, 4) is 0 Å². The third-order valence-corrected chi connectivity index (χ3v) is 1.54. The molecule has 0 atom stereocenters. The summed E-state index contributed by atoms with van der Waals surface area (Å²) in [7, 11) is 0. The van der Waals surface area contributed by atoms with E-state index in [0.29, 0.717) is 11.3 Å². The summed E-state index contributed by atoms with van der Waals surface area (Å²) < 4.78 is 0. The van der Waals surface area contributed by atoms with Crippen LogP contribution in [0.1, 0.15) is 15.9 Å². The van der Waals surface area contributed by atoms with E-state index in [0.717, 1.165) is 6.21 Å². The van der Waals surface area contributed by atoms with Gasteiger partial charge in [-0.3, -0.25) is 4.79 Å². The number of nitrogens with zero attached hydrogens (tertiary/aromatic N) is 1. The number of hydrogen-bond donors (Lipinski definition) is 3. The van der Waals surface area contributed by atoms with Crippen LogP contribution in [0.3, 0.4) is 0 Å². The number of rotatable bonds is 2. The van der Waals surface area contributed by atoms with Crippen molar-refractivity contribution in [2.75, 3.05) is 5.73 Å². The van der Waals surface area contributed by atoms with Gasteiger partial charge in [0.15, 0.2) is 0 Å². The van der Waals surface area contributed by atoms with Crippen molar-refractivity contribution in [1.82, 2.24) is 0 Å². The fourth-order valence-electron chi connectivity index (χ4n) is 0.975. The van der Waals surface area contributed by atoms with Crippen LogP contribution in [-0.2, 0) is 0 Å². The van der Waals surface area contributed by atoms with Crippen molar-refractivity contribution < 1.29 is 10.0 Å². The predicted molar refractivity (Wildman–Crippen MR) is 48.8 cm³/mol. The van der Waals surface area contributed by atoms with E-state index in [1.54, 1.807) is 6.07 Å². The molecule has 0 fully saturated rings. The first-order chi connectivity index (χ1) is 6.15. The molecule has 0 aliphatic carbocycles. The van der Waals surface area contributed by atoms with E-state index < -0.39 is 5.91 Å². The van der Waals surface area contributed by atoms with Crippen LogP contribution in [0.5, 0.6) is 0 Å². The van der Waals surface area contributed by atoms with E-state index >= 15 is 0 Å². The van der Waals surface area contributed by atoms with E-state index in [1.165, 1.54) is 12.1 Å². The number of amides is 1. The Morgan fingerprint density at radius 3 is 2.77 bits per heavy atom. The number of hydrogen-bond acceptors (Lipinski definition) is 4. The molecule has 0 bridgehead atoms. The molecule has 0 spiro atoms. The van der Waals surface area contributed by atoms with E-state index in [-0.39, 0.29) is 5.56 Å². The van der Waals surface area contributed by atoms with Crippen LogP contribution in [0.15, 0.2) is 23.4 Å². The van der Waals surface area contributed by atoms with Gasteiger partial charge in [0.25, 0.3) is 0 Å². The fourth-order valence-corrected chi connectivity index (χ4v) is 0.975. The number of primary amides is 1. The summed E-state index contributed by atoms with van der Waals surface area (Å²) >= 11 is 0. The molecular weight excluding hydrogens is 170 g/mol. The Balaban J connectivity index is 3.26. The molecule has 0 heterocycles. The minimum absolute atomic E-state index is 0.270. The first-order valence-corrected chi connectivity index (χ1v) is 3.52. The highest BCUT2D eigenvalue weighted by molar-refractivity contribution is 6.02. The lowest BCUT2D eigenvalue weighted by molar-refractivity contribution is 0.100. The fraction of sp³-hybridized carbons (Fsp3) is 0. The van der Waals surface area contributed by atoms with Crippen LogP contribution >= 0.6 is 0 Å². The van der Waals surface area contributed by atoms with Crippen LogP contribution < -0.4 is 11.5 Å². The lowest BCUT2D eigenvalue weighted by atomic mass is 10.1. The zero-order valence-electron chi connectivity index (χ0n) is 6.77. The minimum Gasteiger partial charge on any atom is -0.411 e. The van der Waals surface area contributed by atoms with Crippen molar-refractivity contribution in [2.24, 2.45) is 10.9 Å². The van der Waals surface area contributed by atoms with Gasteiger partial charge in [0, 0.05) is 16.8 Å². The van der Waals surface area contributed by atoms with E-state index in [4.69, 9.17) is 16.7 Å². The highest BCUT2D eigenvalue weighted by atomic mass is 16.4. The molecule has 5 heteroatoms. The summed E-state index contributed by atoms with van der Waals surface area (Å²) in [6, 6.07) is 4.53. The SMILES string of the molecule is NC(=O)c1ccc(N)cc1C=NO. The third-order valence-electron chi connectivity index (χ3n) is 1.54. The van der Waals surface area contributed by atoms with Crippen LogP contribution in [0, 0.1) is 0 Å². The second kappa shape index (κ2) is 3.57. The van der Waals surface area contributed by atoms with E-state index in [1.807, 2.05) is 0 Å². The molecule has 1 amide bonds. The molecule has 0 aliphatic heterocycles. The topological polar surface area (TPSA) is 102 Å². The first kappa shape index (κ1) is 9.05. The normalized spacial score (nSPS) is 10.5. The second-order valence-corrected chi connectivity index (χ2v) is 2.46. The molecule has 13 heavy (non-hydrogen) atoms. The molecule has 5 nitrogen and oxygen atoms in total. The first-order valence-electron chi connectivity index (χ1n) is 3.52. The lowest BCUT2D eigenvalue weighted by Gasteiger charge is -2.01. The predicted octanol–water partition coefficient (Wildman–Crippen LogP) is 0.176. The van der Waals surface area contributed by atoms with Crippen molar-refractivity contribution in [2.45, 2.75) is 0 Å². The molecule has 68 valence electrons. The Morgan fingerprint density at radius 1 is 1.54 bits per heavy atom. The zero-order valence-corrected chi connectivity index (χ0v) is 6.77. The van der Waals surface area contributed by atoms with Gasteiger partial charge >= 0.3 is 0 Å². The lowest BCUT2D eigenvalue weighted by Crippen LogP contribution is -2.13. The number of nitrogen functional groups attached to an aromatic ring is 1. The molecule has 1 aromatic rings. The van der Waals surface area contributed by atoms with Gasteiger partial charge in [-0.25, -0.2) is 0 Å². The second-order valence-electron chi connectivity index (χ2n) is 2.46. The Bertz CT molecular complexity index is 360. The summed E-state index contributed by atoms with van der Waals surface area (Å²) in [5.74, 6) is -0.588. The molecule has 0 saturated carbocycles. The number of oxime groups is 1. The van der Waals surface area contributed by atoms with Crippen molar-refractivity contribution in [1.29, 1.82) is 0 Å². The summed E-state index contributed by atoms with van der Waals surface area (Å²) in [6.07, 6.45) is 1.11.